The Bertz CT molecular complexity index is 1060. The largest absolute Gasteiger partial charge is 0.324 e. The second-order valence-corrected chi connectivity index (χ2v) is 8.02. The van der Waals surface area contributed by atoms with Gasteiger partial charge in [-0.05, 0) is 37.1 Å². The highest BCUT2D eigenvalue weighted by atomic mass is 16.2. The van der Waals surface area contributed by atoms with Crippen molar-refractivity contribution in [3.8, 4) is 0 Å². The van der Waals surface area contributed by atoms with Crippen molar-refractivity contribution in [1.82, 2.24) is 5.32 Å². The van der Waals surface area contributed by atoms with E-state index in [0.29, 0.717) is 5.69 Å². The van der Waals surface area contributed by atoms with E-state index >= 15 is 0 Å². The normalized spacial score (nSPS) is 16.8. The predicted octanol–water partition coefficient (Wildman–Crippen LogP) is 4.44. The monoisotopic (exact) mass is 413 g/mol. The molecule has 1 aliphatic heterocycles. The zero-order valence-electron chi connectivity index (χ0n) is 17.8. The first-order valence-electron chi connectivity index (χ1n) is 10.6. The van der Waals surface area contributed by atoms with Crippen molar-refractivity contribution in [3.63, 3.8) is 0 Å². The predicted molar refractivity (Wildman–Crippen MR) is 124 cm³/mol. The molecule has 5 nitrogen and oxygen atoms in total. The molecule has 1 aliphatic rings. The number of carbonyl (C=O) groups is 2. The lowest BCUT2D eigenvalue weighted by molar-refractivity contribution is -0.118. The van der Waals surface area contributed by atoms with Crippen molar-refractivity contribution in [2.24, 2.45) is 0 Å². The van der Waals surface area contributed by atoms with E-state index in [1.807, 2.05) is 49.4 Å². The summed E-state index contributed by atoms with van der Waals surface area (Å²) in [5, 5.41) is 6.36. The SMILES string of the molecule is Cc1ccc(C(NCC(=O)N2c3ccccc3NC(=O)CC2C)c2ccccc2)cc1. The minimum absolute atomic E-state index is 0.0653. The number of benzene rings is 3. The van der Waals surface area contributed by atoms with Crippen LogP contribution >= 0.6 is 0 Å². The Kier molecular flexibility index (Phi) is 6.14. The summed E-state index contributed by atoms with van der Waals surface area (Å²) in [5.41, 5.74) is 4.80. The molecule has 5 heteroatoms. The van der Waals surface area contributed by atoms with Crippen LogP contribution in [0, 0.1) is 6.92 Å². The molecule has 2 N–H and O–H groups in total. The van der Waals surface area contributed by atoms with E-state index in [-0.39, 0.29) is 36.9 Å². The van der Waals surface area contributed by atoms with Gasteiger partial charge in [0.2, 0.25) is 11.8 Å². The lowest BCUT2D eigenvalue weighted by atomic mass is 9.98. The fourth-order valence-electron chi connectivity index (χ4n) is 4.07. The maximum atomic E-state index is 13.4. The lowest BCUT2D eigenvalue weighted by Crippen LogP contribution is -2.44. The summed E-state index contributed by atoms with van der Waals surface area (Å²) in [7, 11) is 0. The quantitative estimate of drug-likeness (QED) is 0.650. The smallest absolute Gasteiger partial charge is 0.241 e. The van der Waals surface area contributed by atoms with Gasteiger partial charge in [-0.2, -0.15) is 0 Å². The average molecular weight is 414 g/mol. The number of rotatable bonds is 5. The zero-order valence-corrected chi connectivity index (χ0v) is 17.8. The maximum absolute atomic E-state index is 13.4. The van der Waals surface area contributed by atoms with Crippen LogP contribution in [0.1, 0.15) is 36.1 Å². The van der Waals surface area contributed by atoms with Gasteiger partial charge in [0.05, 0.1) is 24.0 Å². The number of para-hydroxylation sites is 2. The first-order valence-corrected chi connectivity index (χ1v) is 10.6. The Labute approximate surface area is 183 Å². The number of nitrogens with one attached hydrogen (secondary N) is 2. The van der Waals surface area contributed by atoms with Gasteiger partial charge in [0.25, 0.3) is 0 Å². The van der Waals surface area contributed by atoms with E-state index in [1.54, 1.807) is 4.90 Å². The molecule has 2 unspecified atom stereocenters. The number of aryl methyl sites for hydroxylation is 1. The highest BCUT2D eigenvalue weighted by Gasteiger charge is 2.29. The average Bonchev–Trinajstić information content (AvgIpc) is 2.90. The number of fused-ring (bicyclic) bond motifs is 1. The number of hydrogen-bond acceptors (Lipinski definition) is 3. The Hall–Kier alpha value is -3.44. The summed E-state index contributed by atoms with van der Waals surface area (Å²) in [6.07, 6.45) is 0.264. The number of amides is 2. The summed E-state index contributed by atoms with van der Waals surface area (Å²) >= 11 is 0. The molecule has 3 aromatic rings. The van der Waals surface area contributed by atoms with Crippen molar-refractivity contribution in [2.75, 3.05) is 16.8 Å². The number of hydrogen-bond donors (Lipinski definition) is 2. The molecule has 3 aromatic carbocycles. The third-order valence-corrected chi connectivity index (χ3v) is 5.63. The first-order chi connectivity index (χ1) is 15.0. The third-order valence-electron chi connectivity index (χ3n) is 5.63. The van der Waals surface area contributed by atoms with Crippen molar-refractivity contribution < 1.29 is 9.59 Å². The molecule has 0 bridgehead atoms. The summed E-state index contributed by atoms with van der Waals surface area (Å²) in [5.74, 6) is -0.144. The topological polar surface area (TPSA) is 61.4 Å². The molecule has 1 heterocycles. The molecule has 0 spiro atoms. The van der Waals surface area contributed by atoms with E-state index in [9.17, 15) is 9.59 Å². The third kappa shape index (κ3) is 4.67. The van der Waals surface area contributed by atoms with Crippen LogP contribution in [0.4, 0.5) is 11.4 Å². The van der Waals surface area contributed by atoms with E-state index in [0.717, 1.165) is 16.8 Å². The van der Waals surface area contributed by atoms with Gasteiger partial charge in [-0.1, -0.05) is 72.3 Å². The van der Waals surface area contributed by atoms with Crippen LogP contribution in [0.25, 0.3) is 0 Å². The van der Waals surface area contributed by atoms with Crippen LogP contribution in [-0.4, -0.2) is 24.4 Å². The van der Waals surface area contributed by atoms with Crippen molar-refractivity contribution in [1.29, 1.82) is 0 Å². The Morgan fingerprint density at radius 2 is 1.65 bits per heavy atom. The van der Waals surface area contributed by atoms with E-state index in [1.165, 1.54) is 5.56 Å². The Balaban J connectivity index is 1.59. The Morgan fingerprint density at radius 3 is 2.39 bits per heavy atom. The van der Waals surface area contributed by atoms with E-state index < -0.39 is 0 Å². The van der Waals surface area contributed by atoms with Crippen LogP contribution < -0.4 is 15.5 Å². The number of nitrogens with zero attached hydrogens (tertiary/aromatic N) is 1. The lowest BCUT2D eigenvalue weighted by Gasteiger charge is -2.29. The zero-order chi connectivity index (χ0) is 21.8. The van der Waals surface area contributed by atoms with Gasteiger partial charge in [-0.25, -0.2) is 0 Å². The molecule has 0 radical (unpaired) electrons. The second-order valence-electron chi connectivity index (χ2n) is 8.02. The van der Waals surface area contributed by atoms with Crippen LogP contribution in [-0.2, 0) is 9.59 Å². The van der Waals surface area contributed by atoms with Gasteiger partial charge in [0, 0.05) is 12.5 Å². The van der Waals surface area contributed by atoms with E-state index in [2.05, 4.69) is 54.0 Å². The molecule has 0 aromatic heterocycles. The molecular weight excluding hydrogens is 386 g/mol. The standard InChI is InChI=1S/C26H27N3O2/c1-18-12-14-21(15-13-18)26(20-8-4-3-5-9-20)27-17-25(31)29-19(2)16-24(30)28-22-10-6-7-11-23(22)29/h3-15,19,26-27H,16-17H2,1-2H3,(H,28,30). The number of anilines is 2. The number of carbonyl (C=O) groups excluding carboxylic acids is 2. The second kappa shape index (κ2) is 9.14. The molecule has 31 heavy (non-hydrogen) atoms. The van der Waals surface area contributed by atoms with Crippen molar-refractivity contribution >= 4 is 23.2 Å². The maximum Gasteiger partial charge on any atom is 0.241 e. The summed E-state index contributed by atoms with van der Waals surface area (Å²) < 4.78 is 0. The first kappa shape index (κ1) is 20.8. The highest BCUT2D eigenvalue weighted by molar-refractivity contribution is 6.04. The minimum atomic E-state index is -0.229. The van der Waals surface area contributed by atoms with Gasteiger partial charge in [-0.15, -0.1) is 0 Å². The molecule has 158 valence electrons. The minimum Gasteiger partial charge on any atom is -0.324 e. The molecule has 0 saturated heterocycles. The van der Waals surface area contributed by atoms with E-state index in [4.69, 9.17) is 0 Å². The molecule has 2 atom stereocenters. The molecule has 0 aliphatic carbocycles. The van der Waals surface area contributed by atoms with Gasteiger partial charge < -0.3 is 10.2 Å². The van der Waals surface area contributed by atoms with Crippen LogP contribution in [0.5, 0.6) is 0 Å². The van der Waals surface area contributed by atoms with Crippen LogP contribution in [0.15, 0.2) is 78.9 Å². The molecule has 4 rings (SSSR count). The van der Waals surface area contributed by atoms with Gasteiger partial charge in [-0.3, -0.25) is 14.9 Å². The van der Waals surface area contributed by atoms with Crippen molar-refractivity contribution in [2.45, 2.75) is 32.4 Å². The molecule has 2 amide bonds. The summed E-state index contributed by atoms with van der Waals surface area (Å²) in [6.45, 7) is 4.13. The molecule has 0 fully saturated rings. The molecule has 0 saturated carbocycles. The molecular formula is C26H27N3O2. The van der Waals surface area contributed by atoms with Gasteiger partial charge in [0.1, 0.15) is 0 Å². The van der Waals surface area contributed by atoms with Crippen LogP contribution in [0.3, 0.4) is 0 Å². The van der Waals surface area contributed by atoms with Gasteiger partial charge in [0.15, 0.2) is 0 Å². The van der Waals surface area contributed by atoms with Crippen LogP contribution in [0.2, 0.25) is 0 Å². The fourth-order valence-corrected chi connectivity index (χ4v) is 4.07. The summed E-state index contributed by atoms with van der Waals surface area (Å²) in [6, 6.07) is 25.6. The van der Waals surface area contributed by atoms with Gasteiger partial charge >= 0.3 is 0 Å². The Morgan fingerprint density at radius 1 is 1.00 bits per heavy atom. The highest BCUT2D eigenvalue weighted by Crippen LogP contribution is 2.31. The fraction of sp³-hybridized carbons (Fsp3) is 0.231. The van der Waals surface area contributed by atoms with Crippen molar-refractivity contribution in [3.05, 3.63) is 95.6 Å². The summed E-state index contributed by atoms with van der Waals surface area (Å²) in [4.78, 5) is 27.3.